The minimum absolute atomic E-state index is 0.0486. The van der Waals surface area contributed by atoms with E-state index < -0.39 is 0 Å². The van der Waals surface area contributed by atoms with Gasteiger partial charge in [0.25, 0.3) is 0 Å². The third-order valence-corrected chi connectivity index (χ3v) is 3.16. The second-order valence-electron chi connectivity index (χ2n) is 5.05. The highest BCUT2D eigenvalue weighted by molar-refractivity contribution is 5.80. The Morgan fingerprint density at radius 3 is 2.74 bits per heavy atom. The fourth-order valence-electron chi connectivity index (χ4n) is 2.15. The third-order valence-electron chi connectivity index (χ3n) is 3.16. The second kappa shape index (κ2) is 8.12. The van der Waals surface area contributed by atoms with Crippen LogP contribution in [0.2, 0.25) is 0 Å². The first kappa shape index (κ1) is 15.9. The summed E-state index contributed by atoms with van der Waals surface area (Å²) in [4.78, 5) is 26.8. The lowest BCUT2D eigenvalue weighted by molar-refractivity contribution is -0.139. The molecule has 19 heavy (non-hydrogen) atoms. The van der Waals surface area contributed by atoms with Crippen molar-refractivity contribution in [1.82, 2.24) is 9.80 Å². The summed E-state index contributed by atoms with van der Waals surface area (Å²) in [6.45, 7) is 6.99. The molecule has 1 aliphatic heterocycles. The van der Waals surface area contributed by atoms with Crippen LogP contribution in [0.25, 0.3) is 0 Å². The van der Waals surface area contributed by atoms with Crippen molar-refractivity contribution in [2.75, 3.05) is 39.3 Å². The molecule has 0 spiro atoms. The molecular formula is C13H25N3O3. The molecule has 1 heterocycles. The third kappa shape index (κ3) is 6.02. The fourth-order valence-corrected chi connectivity index (χ4v) is 2.15. The highest BCUT2D eigenvalue weighted by Gasteiger charge is 2.23. The monoisotopic (exact) mass is 271 g/mol. The molecule has 1 aliphatic rings. The number of primary amides is 1. The van der Waals surface area contributed by atoms with Gasteiger partial charge in [0.05, 0.1) is 25.8 Å². The molecule has 1 rings (SSSR count). The largest absolute Gasteiger partial charge is 0.375 e. The van der Waals surface area contributed by atoms with Gasteiger partial charge >= 0.3 is 0 Å². The standard InChI is InChI=1S/C13H25N3O3/c1-3-4-5-15(9-12(14)17)10-13(18)16-6-7-19-11(2)8-16/h11H,3-10H2,1-2H3,(H2,14,17). The first-order valence-electron chi connectivity index (χ1n) is 6.93. The Labute approximate surface area is 114 Å². The Morgan fingerprint density at radius 2 is 2.16 bits per heavy atom. The summed E-state index contributed by atoms with van der Waals surface area (Å²) in [5, 5.41) is 0. The average Bonchev–Trinajstić information content (AvgIpc) is 2.35. The topological polar surface area (TPSA) is 75.9 Å². The van der Waals surface area contributed by atoms with Crippen molar-refractivity contribution in [3.8, 4) is 0 Å². The molecule has 0 saturated carbocycles. The fraction of sp³-hybridized carbons (Fsp3) is 0.846. The van der Waals surface area contributed by atoms with E-state index in [1.807, 2.05) is 11.8 Å². The minimum Gasteiger partial charge on any atom is -0.375 e. The maximum absolute atomic E-state index is 12.2. The number of amides is 2. The van der Waals surface area contributed by atoms with Gasteiger partial charge in [-0.3, -0.25) is 14.5 Å². The van der Waals surface area contributed by atoms with Crippen LogP contribution < -0.4 is 5.73 Å². The number of nitrogens with zero attached hydrogens (tertiary/aromatic N) is 2. The molecule has 2 N–H and O–H groups in total. The van der Waals surface area contributed by atoms with Crippen LogP contribution in [0.5, 0.6) is 0 Å². The Kier molecular flexibility index (Phi) is 6.80. The predicted octanol–water partition coefficient (Wildman–Crippen LogP) is -0.179. The highest BCUT2D eigenvalue weighted by atomic mass is 16.5. The van der Waals surface area contributed by atoms with E-state index in [2.05, 4.69) is 6.92 Å². The molecule has 0 aromatic rings. The Morgan fingerprint density at radius 1 is 1.42 bits per heavy atom. The molecule has 0 radical (unpaired) electrons. The Balaban J connectivity index is 2.46. The normalized spacial score (nSPS) is 19.7. The van der Waals surface area contributed by atoms with Gasteiger partial charge in [0.2, 0.25) is 11.8 Å². The van der Waals surface area contributed by atoms with Crippen molar-refractivity contribution < 1.29 is 14.3 Å². The maximum Gasteiger partial charge on any atom is 0.236 e. The zero-order chi connectivity index (χ0) is 14.3. The molecule has 0 aromatic carbocycles. The molecule has 2 amide bonds. The van der Waals surface area contributed by atoms with Gasteiger partial charge < -0.3 is 15.4 Å². The van der Waals surface area contributed by atoms with Crippen LogP contribution in [0.4, 0.5) is 0 Å². The van der Waals surface area contributed by atoms with Gasteiger partial charge in [-0.05, 0) is 19.9 Å². The van der Waals surface area contributed by atoms with E-state index in [0.29, 0.717) is 19.7 Å². The molecule has 1 fully saturated rings. The van der Waals surface area contributed by atoms with Crippen LogP contribution >= 0.6 is 0 Å². The molecule has 1 unspecified atom stereocenters. The van der Waals surface area contributed by atoms with E-state index in [4.69, 9.17) is 10.5 Å². The number of carbonyl (C=O) groups is 2. The van der Waals surface area contributed by atoms with Crippen LogP contribution in [0.15, 0.2) is 0 Å². The van der Waals surface area contributed by atoms with Crippen molar-refractivity contribution in [3.63, 3.8) is 0 Å². The van der Waals surface area contributed by atoms with Crippen molar-refractivity contribution in [2.45, 2.75) is 32.8 Å². The van der Waals surface area contributed by atoms with Gasteiger partial charge in [-0.2, -0.15) is 0 Å². The van der Waals surface area contributed by atoms with E-state index in [0.717, 1.165) is 19.4 Å². The minimum atomic E-state index is -0.390. The summed E-state index contributed by atoms with van der Waals surface area (Å²) in [7, 11) is 0. The summed E-state index contributed by atoms with van der Waals surface area (Å²) in [5.74, 6) is -0.341. The maximum atomic E-state index is 12.2. The smallest absolute Gasteiger partial charge is 0.236 e. The van der Waals surface area contributed by atoms with Crippen LogP contribution in [-0.4, -0.2) is 67.0 Å². The van der Waals surface area contributed by atoms with Gasteiger partial charge in [-0.25, -0.2) is 0 Å². The van der Waals surface area contributed by atoms with E-state index in [1.165, 1.54) is 0 Å². The zero-order valence-electron chi connectivity index (χ0n) is 11.9. The number of unbranched alkanes of at least 4 members (excludes halogenated alkanes) is 1. The molecular weight excluding hydrogens is 246 g/mol. The molecule has 0 aliphatic carbocycles. The highest BCUT2D eigenvalue weighted by Crippen LogP contribution is 2.06. The van der Waals surface area contributed by atoms with Crippen LogP contribution in [-0.2, 0) is 14.3 Å². The lowest BCUT2D eigenvalue weighted by atomic mass is 10.2. The average molecular weight is 271 g/mol. The lowest BCUT2D eigenvalue weighted by Gasteiger charge is -2.32. The quantitative estimate of drug-likeness (QED) is 0.697. The number of nitrogens with two attached hydrogens (primary N) is 1. The van der Waals surface area contributed by atoms with Gasteiger partial charge in [0.1, 0.15) is 0 Å². The number of ether oxygens (including phenoxy) is 1. The molecule has 1 atom stereocenters. The predicted molar refractivity (Wildman–Crippen MR) is 72.5 cm³/mol. The SMILES string of the molecule is CCCCN(CC(N)=O)CC(=O)N1CCOC(C)C1. The van der Waals surface area contributed by atoms with Crippen molar-refractivity contribution in [3.05, 3.63) is 0 Å². The summed E-state index contributed by atoms with van der Waals surface area (Å²) in [6.07, 6.45) is 2.07. The molecule has 0 bridgehead atoms. The number of rotatable bonds is 7. The summed E-state index contributed by atoms with van der Waals surface area (Å²) in [5.41, 5.74) is 5.22. The van der Waals surface area contributed by atoms with Crippen molar-refractivity contribution in [1.29, 1.82) is 0 Å². The van der Waals surface area contributed by atoms with Crippen molar-refractivity contribution >= 4 is 11.8 Å². The number of hydrogen-bond donors (Lipinski definition) is 1. The first-order chi connectivity index (χ1) is 9.02. The Bertz CT molecular complexity index is 310. The van der Waals surface area contributed by atoms with E-state index >= 15 is 0 Å². The molecule has 0 aromatic heterocycles. The van der Waals surface area contributed by atoms with Gasteiger partial charge in [-0.15, -0.1) is 0 Å². The van der Waals surface area contributed by atoms with E-state index in [1.54, 1.807) is 4.90 Å². The number of hydrogen-bond acceptors (Lipinski definition) is 4. The summed E-state index contributed by atoms with van der Waals surface area (Å²) in [6, 6.07) is 0. The molecule has 110 valence electrons. The lowest BCUT2D eigenvalue weighted by Crippen LogP contribution is -2.49. The summed E-state index contributed by atoms with van der Waals surface area (Å²) >= 11 is 0. The van der Waals surface area contributed by atoms with E-state index in [-0.39, 0.29) is 31.0 Å². The van der Waals surface area contributed by atoms with E-state index in [9.17, 15) is 9.59 Å². The first-order valence-corrected chi connectivity index (χ1v) is 6.93. The number of carbonyl (C=O) groups excluding carboxylic acids is 2. The zero-order valence-corrected chi connectivity index (χ0v) is 11.9. The summed E-state index contributed by atoms with van der Waals surface area (Å²) < 4.78 is 5.41. The second-order valence-corrected chi connectivity index (χ2v) is 5.05. The molecule has 6 heteroatoms. The van der Waals surface area contributed by atoms with Gasteiger partial charge in [0, 0.05) is 13.1 Å². The van der Waals surface area contributed by atoms with Crippen LogP contribution in [0.1, 0.15) is 26.7 Å². The molecule has 1 saturated heterocycles. The van der Waals surface area contributed by atoms with Gasteiger partial charge in [0.15, 0.2) is 0 Å². The number of morpholine rings is 1. The van der Waals surface area contributed by atoms with Crippen LogP contribution in [0, 0.1) is 0 Å². The molecule has 6 nitrogen and oxygen atoms in total. The Hall–Kier alpha value is -1.14. The van der Waals surface area contributed by atoms with Crippen LogP contribution in [0.3, 0.4) is 0 Å². The van der Waals surface area contributed by atoms with Gasteiger partial charge in [-0.1, -0.05) is 13.3 Å². The van der Waals surface area contributed by atoms with Crippen molar-refractivity contribution in [2.24, 2.45) is 5.73 Å².